The number of rotatable bonds is 21. The van der Waals surface area contributed by atoms with Gasteiger partial charge in [0.2, 0.25) is 11.7 Å². The van der Waals surface area contributed by atoms with Gasteiger partial charge in [0.1, 0.15) is 30.0 Å². The molecule has 8 saturated heterocycles. The minimum atomic E-state index is -1.72. The van der Waals surface area contributed by atoms with Crippen molar-refractivity contribution in [2.45, 2.75) is 271 Å². The van der Waals surface area contributed by atoms with Crippen molar-refractivity contribution in [3.8, 4) is 0 Å². The Hall–Kier alpha value is -2.66. The highest BCUT2D eigenvalue weighted by Gasteiger charge is 2.55. The van der Waals surface area contributed by atoms with Crippen LogP contribution in [0.1, 0.15) is 169 Å². The van der Waals surface area contributed by atoms with Gasteiger partial charge in [-0.1, -0.05) is 51.5 Å². The second-order valence-corrected chi connectivity index (χ2v) is 26.4. The highest BCUT2D eigenvalue weighted by Crippen LogP contribution is 2.48. The molecule has 20 atom stereocenters. The fourth-order valence-corrected chi connectivity index (χ4v) is 15.5. The number of ether oxygens (including phenoxy) is 7. The van der Waals surface area contributed by atoms with E-state index >= 15 is 0 Å². The second kappa shape index (κ2) is 25.9. The molecule has 8 N–H and O–H groups in total. The Labute approximate surface area is 467 Å². The van der Waals surface area contributed by atoms with E-state index in [9.17, 15) is 34.8 Å². The van der Waals surface area contributed by atoms with Gasteiger partial charge in [-0.2, -0.15) is 11.8 Å². The number of fused-ring (bicyclic) bond motifs is 2. The van der Waals surface area contributed by atoms with E-state index < -0.39 is 71.6 Å². The monoisotopic (exact) mass is 1110 g/mol. The third kappa shape index (κ3) is 14.2. The molecule has 9 heterocycles. The van der Waals surface area contributed by atoms with Crippen LogP contribution in [0.5, 0.6) is 0 Å². The quantitative estimate of drug-likeness (QED) is 0.0360. The average molecular weight is 1120 g/mol. The van der Waals surface area contributed by atoms with Crippen LogP contribution in [0.4, 0.5) is 4.79 Å². The lowest BCUT2D eigenvalue weighted by molar-refractivity contribution is -0.320. The number of amides is 4. The van der Waals surface area contributed by atoms with Crippen LogP contribution >= 0.6 is 11.8 Å². The number of hydrogen-bond acceptors (Lipinski definition) is 15. The molecule has 0 unspecified atom stereocenters. The second-order valence-electron chi connectivity index (χ2n) is 25.1. The van der Waals surface area contributed by atoms with E-state index in [0.29, 0.717) is 87.6 Å². The Morgan fingerprint density at radius 2 is 1.72 bits per heavy atom. The first-order valence-corrected chi connectivity index (χ1v) is 31.0. The first-order chi connectivity index (χ1) is 37.3. The molecule has 18 nitrogen and oxygen atoms in total. The third-order valence-electron chi connectivity index (χ3n) is 18.6. The summed E-state index contributed by atoms with van der Waals surface area (Å²) in [5.41, 5.74) is -0.289. The maximum Gasteiger partial charge on any atom is 0.315 e. The molecular weight excluding hydrogens is 1020 g/mol. The van der Waals surface area contributed by atoms with Crippen LogP contribution in [-0.2, 0) is 42.7 Å². The zero-order chi connectivity index (χ0) is 55.4. The molecule has 0 aromatic heterocycles. The third-order valence-corrected chi connectivity index (χ3v) is 20.1. The number of unbranched alkanes of at least 4 members (excludes halogenated alkanes) is 3. The fourth-order valence-electron chi connectivity index (χ4n) is 14.0. The standard InChI is InChI=1S/C59H94N4O14S/c1-35-30-45(75-59(32-35)47(65)19-18-41(74-59)33-56(6,70)54(68)61-28-12-7-11-27-60-48(66)15-9-8-14-46-49-42(34-78-46)62-55(69)63-49)36(2)16-17-40-21-25-58(73-40)26-22-44-53(77-58)50(67)39(5)52(72-44)43(64)31-38(4)51-37(3)20-24-57(76-51)23-10-13-29-71-57/h16-17,32,36-38,40-47,49-53,64-65,67,70H,5,7-15,18-31,33-34H2,1-4,6H3,(H,60,66)(H,61,68)(H2,62,63,69)/t36-,37-,38+,40+,41+,42+,43+,44-,45+,46+,47-,49+,50-,51+,52+,53-,56-,57+,58-,59-/m1/s1. The molecule has 0 aromatic carbocycles. The molecule has 78 heavy (non-hydrogen) atoms. The summed E-state index contributed by atoms with van der Waals surface area (Å²) in [6.07, 6.45) is 15.1. The Bertz CT molecular complexity index is 2140. The molecule has 9 rings (SSSR count). The molecular formula is C59H94N4O14S. The van der Waals surface area contributed by atoms with Gasteiger partial charge in [-0.25, -0.2) is 4.79 Å². The Balaban J connectivity index is 0.675. The minimum Gasteiger partial charge on any atom is -0.390 e. The summed E-state index contributed by atoms with van der Waals surface area (Å²) in [5, 5.41) is 58.4. The number of urea groups is 1. The zero-order valence-corrected chi connectivity index (χ0v) is 48.0. The molecule has 0 aromatic rings. The van der Waals surface area contributed by atoms with Crippen molar-refractivity contribution < 1.29 is 68.0 Å². The molecule has 440 valence electrons. The van der Waals surface area contributed by atoms with Crippen molar-refractivity contribution in [1.82, 2.24) is 21.3 Å². The first kappa shape index (κ1) is 59.9. The fraction of sp³-hybridized carbons (Fsp3) is 0.847. The highest BCUT2D eigenvalue weighted by atomic mass is 32.2. The molecule has 9 aliphatic rings. The molecule has 19 heteroatoms. The predicted octanol–water partition coefficient (Wildman–Crippen LogP) is 6.26. The maximum atomic E-state index is 13.3. The lowest BCUT2D eigenvalue weighted by atomic mass is 9.79. The normalized spacial score (nSPS) is 40.7. The lowest BCUT2D eigenvalue weighted by Crippen LogP contribution is -2.60. The van der Waals surface area contributed by atoms with E-state index in [0.717, 1.165) is 88.6 Å². The Kier molecular flexibility index (Phi) is 19.9. The molecule has 0 radical (unpaired) electrons. The van der Waals surface area contributed by atoms with E-state index in [2.05, 4.69) is 60.8 Å². The SMILES string of the molecule is C=C1[C@@H](O)[C@@H]2O[C@]3(CC[C@H](C=C[C@@H](C)[C@@H]4CC(C)=C[C@@]5(O[C@H](C[C@@](C)(O)C(=O)NCCCCCNC(=O)CCCC[C@@H]6SC[C@@H]7NC(=O)N[C@@H]76)CC[C@H]5O)O4)O3)CC[C@H]2O[C@@H]1[C@@H](O)C[C@H](C)[C@H]1O[C@@]2(CCCCO2)CC[C@H]1C. The summed E-state index contributed by atoms with van der Waals surface area (Å²) in [5.74, 6) is -2.06. The largest absolute Gasteiger partial charge is 0.390 e. The summed E-state index contributed by atoms with van der Waals surface area (Å²) in [6, 6.07) is 0.319. The van der Waals surface area contributed by atoms with Crippen LogP contribution in [0.2, 0.25) is 0 Å². The number of hydrogen-bond donors (Lipinski definition) is 8. The van der Waals surface area contributed by atoms with E-state index in [1.54, 1.807) is 0 Å². The van der Waals surface area contributed by atoms with Gasteiger partial charge in [-0.05, 0) is 127 Å². The number of thioether (sulfide) groups is 1. The topological polar surface area (TPSA) is 245 Å². The van der Waals surface area contributed by atoms with Crippen LogP contribution in [0.15, 0.2) is 36.0 Å². The first-order valence-electron chi connectivity index (χ1n) is 30.0. The van der Waals surface area contributed by atoms with Gasteiger partial charge in [0.15, 0.2) is 11.6 Å². The van der Waals surface area contributed by atoms with E-state index in [4.69, 9.17) is 33.2 Å². The number of carbonyl (C=O) groups excluding carboxylic acids is 3. The Morgan fingerprint density at radius 3 is 2.51 bits per heavy atom. The summed E-state index contributed by atoms with van der Waals surface area (Å²) < 4.78 is 46.0. The number of carbonyl (C=O) groups is 3. The van der Waals surface area contributed by atoms with Gasteiger partial charge in [0.05, 0.1) is 55.3 Å². The number of nitrogens with one attached hydrogen (secondary N) is 4. The van der Waals surface area contributed by atoms with Gasteiger partial charge in [-0.15, -0.1) is 0 Å². The van der Waals surface area contributed by atoms with Gasteiger partial charge in [0.25, 0.3) is 5.91 Å². The summed E-state index contributed by atoms with van der Waals surface area (Å²) in [7, 11) is 0. The predicted molar refractivity (Wildman–Crippen MR) is 294 cm³/mol. The molecule has 0 bridgehead atoms. The molecule has 9 aliphatic heterocycles. The smallest absolute Gasteiger partial charge is 0.315 e. The Morgan fingerprint density at radius 1 is 0.936 bits per heavy atom. The van der Waals surface area contributed by atoms with Crippen LogP contribution in [0, 0.1) is 17.8 Å². The van der Waals surface area contributed by atoms with Crippen LogP contribution in [0.3, 0.4) is 0 Å². The lowest BCUT2D eigenvalue weighted by Gasteiger charge is -2.50. The minimum absolute atomic E-state index is 0.0280. The maximum absolute atomic E-state index is 13.3. The van der Waals surface area contributed by atoms with E-state index in [1.165, 1.54) is 6.92 Å². The van der Waals surface area contributed by atoms with Gasteiger partial charge in [0, 0.05) is 68.5 Å². The molecule has 0 saturated carbocycles. The average Bonchev–Trinajstić information content (AvgIpc) is 4.16. The summed E-state index contributed by atoms with van der Waals surface area (Å²) >= 11 is 1.89. The number of aliphatic hydroxyl groups is 4. The number of aliphatic hydroxyl groups excluding tert-OH is 3. The van der Waals surface area contributed by atoms with Crippen molar-refractivity contribution in [2.24, 2.45) is 17.8 Å². The van der Waals surface area contributed by atoms with Crippen LogP contribution in [-0.4, -0.2) is 165 Å². The van der Waals surface area contributed by atoms with Gasteiger partial charge >= 0.3 is 6.03 Å². The van der Waals surface area contributed by atoms with Crippen LogP contribution < -0.4 is 21.3 Å². The molecule has 8 fully saturated rings. The highest BCUT2D eigenvalue weighted by molar-refractivity contribution is 8.00. The summed E-state index contributed by atoms with van der Waals surface area (Å²) in [6.45, 7) is 15.8. The van der Waals surface area contributed by atoms with Crippen LogP contribution in [0.25, 0.3) is 0 Å². The van der Waals surface area contributed by atoms with Gasteiger partial charge in [-0.3, -0.25) is 9.59 Å². The van der Waals surface area contributed by atoms with Crippen molar-refractivity contribution in [1.29, 1.82) is 0 Å². The van der Waals surface area contributed by atoms with Crippen molar-refractivity contribution in [2.75, 3.05) is 25.4 Å². The van der Waals surface area contributed by atoms with E-state index in [-0.39, 0.29) is 60.6 Å². The molecule has 4 amide bonds. The zero-order valence-electron chi connectivity index (χ0n) is 47.1. The van der Waals surface area contributed by atoms with Crippen molar-refractivity contribution >= 4 is 29.6 Å². The molecule has 3 spiro atoms. The summed E-state index contributed by atoms with van der Waals surface area (Å²) in [4.78, 5) is 37.3. The van der Waals surface area contributed by atoms with Crippen molar-refractivity contribution in [3.05, 3.63) is 36.0 Å². The van der Waals surface area contributed by atoms with Crippen molar-refractivity contribution in [3.63, 3.8) is 0 Å². The van der Waals surface area contributed by atoms with Gasteiger partial charge < -0.3 is 74.9 Å². The van der Waals surface area contributed by atoms with E-state index in [1.807, 2.05) is 24.8 Å². The molecule has 0 aliphatic carbocycles.